The maximum atomic E-state index is 12.1. The molecule has 2 rings (SSSR count). The number of nitrogens with zero attached hydrogens (tertiary/aromatic N) is 2. The minimum atomic E-state index is -0.192. The molecule has 0 spiro atoms. The Morgan fingerprint density at radius 2 is 2.00 bits per heavy atom. The topological polar surface area (TPSA) is 61.2 Å². The van der Waals surface area contributed by atoms with Gasteiger partial charge in [0.2, 0.25) is 0 Å². The number of rotatable bonds is 7. The average molecular weight is 286 g/mol. The Bertz CT molecular complexity index is 588. The number of Topliss-reactive ketones (excluding diaryl/α,β-unsaturated/α-hetero) is 1. The van der Waals surface area contributed by atoms with Gasteiger partial charge in [0.05, 0.1) is 20.0 Å². The van der Waals surface area contributed by atoms with E-state index in [2.05, 4.69) is 9.72 Å². The summed E-state index contributed by atoms with van der Waals surface area (Å²) in [6.45, 7) is 0.293. The summed E-state index contributed by atoms with van der Waals surface area (Å²) in [6.07, 6.45) is 6.99. The summed E-state index contributed by atoms with van der Waals surface area (Å²) in [5.74, 6) is -0.142. The second-order valence-electron chi connectivity index (χ2n) is 4.78. The van der Waals surface area contributed by atoms with Crippen LogP contribution >= 0.6 is 0 Å². The fourth-order valence-corrected chi connectivity index (χ4v) is 2.03. The number of hydrogen-bond acceptors (Lipinski definition) is 4. The van der Waals surface area contributed by atoms with Crippen molar-refractivity contribution in [2.45, 2.75) is 25.8 Å². The Kier molecular flexibility index (Phi) is 5.26. The van der Waals surface area contributed by atoms with Crippen molar-refractivity contribution in [2.24, 2.45) is 0 Å². The second-order valence-corrected chi connectivity index (χ2v) is 4.78. The molecule has 0 aliphatic heterocycles. The van der Waals surface area contributed by atoms with E-state index in [0.29, 0.717) is 18.5 Å². The third kappa shape index (κ3) is 4.56. The number of hydrogen-bond donors (Lipinski definition) is 0. The van der Waals surface area contributed by atoms with E-state index in [9.17, 15) is 9.59 Å². The molecule has 0 saturated carbocycles. The van der Waals surface area contributed by atoms with E-state index >= 15 is 0 Å². The molecule has 0 atom stereocenters. The van der Waals surface area contributed by atoms with Gasteiger partial charge < -0.3 is 9.30 Å². The first kappa shape index (κ1) is 15.0. The van der Waals surface area contributed by atoms with Crippen LogP contribution in [0, 0.1) is 0 Å². The molecule has 1 aromatic carbocycles. The number of methoxy groups -OCH3 is 1. The molecule has 2 aromatic rings. The predicted molar refractivity (Wildman–Crippen MR) is 78.0 cm³/mol. The fourth-order valence-electron chi connectivity index (χ4n) is 2.03. The van der Waals surface area contributed by atoms with E-state index in [1.54, 1.807) is 23.3 Å². The third-order valence-electron chi connectivity index (χ3n) is 3.24. The Morgan fingerprint density at radius 1 is 1.24 bits per heavy atom. The Balaban J connectivity index is 1.86. The smallest absolute Gasteiger partial charge is 0.305 e. The maximum Gasteiger partial charge on any atom is 0.305 e. The van der Waals surface area contributed by atoms with Gasteiger partial charge in [-0.05, 0) is 18.4 Å². The lowest BCUT2D eigenvalue weighted by atomic mass is 10.0. The molecule has 1 aromatic heterocycles. The first-order valence-electron chi connectivity index (χ1n) is 6.84. The molecule has 21 heavy (non-hydrogen) atoms. The molecular formula is C16H18N2O3. The number of ether oxygens (including phenoxy) is 1. The van der Waals surface area contributed by atoms with Crippen LogP contribution in [0.1, 0.15) is 28.8 Å². The Labute approximate surface area is 123 Å². The van der Waals surface area contributed by atoms with Crippen LogP contribution in [-0.2, 0) is 22.5 Å². The molecule has 0 N–H and O–H groups in total. The molecule has 0 bridgehead atoms. The number of benzene rings is 1. The monoisotopic (exact) mass is 286 g/mol. The van der Waals surface area contributed by atoms with Crippen LogP contribution in [0.2, 0.25) is 0 Å². The van der Waals surface area contributed by atoms with Gasteiger partial charge in [-0.15, -0.1) is 0 Å². The van der Waals surface area contributed by atoms with Gasteiger partial charge in [0.15, 0.2) is 5.78 Å². The van der Waals surface area contributed by atoms with Crippen molar-refractivity contribution >= 4 is 11.8 Å². The normalized spacial score (nSPS) is 10.3. The first-order chi connectivity index (χ1) is 10.2. The molecule has 0 amide bonds. The van der Waals surface area contributed by atoms with Crippen LogP contribution in [0.3, 0.4) is 0 Å². The molecule has 0 aliphatic carbocycles. The largest absolute Gasteiger partial charge is 0.469 e. The van der Waals surface area contributed by atoms with Gasteiger partial charge in [-0.25, -0.2) is 4.98 Å². The average Bonchev–Trinajstić information content (AvgIpc) is 3.00. The van der Waals surface area contributed by atoms with E-state index in [4.69, 9.17) is 0 Å². The lowest BCUT2D eigenvalue weighted by molar-refractivity contribution is -0.140. The highest BCUT2D eigenvalue weighted by molar-refractivity contribution is 5.95. The molecule has 1 heterocycles. The summed E-state index contributed by atoms with van der Waals surface area (Å²) in [5, 5.41) is 0. The Hall–Kier alpha value is -2.43. The van der Waals surface area contributed by atoms with Crippen molar-refractivity contribution in [3.63, 3.8) is 0 Å². The SMILES string of the molecule is COC(=O)CCCc1ccc(C(=O)Cn2ccnc2)cc1. The van der Waals surface area contributed by atoms with Gasteiger partial charge in [0.1, 0.15) is 0 Å². The highest BCUT2D eigenvalue weighted by Crippen LogP contribution is 2.10. The summed E-state index contributed by atoms with van der Waals surface area (Å²) in [4.78, 5) is 27.0. The van der Waals surface area contributed by atoms with Crippen molar-refractivity contribution in [3.05, 3.63) is 54.1 Å². The second kappa shape index (κ2) is 7.38. The van der Waals surface area contributed by atoms with E-state index < -0.39 is 0 Å². The van der Waals surface area contributed by atoms with Gasteiger partial charge in [0, 0.05) is 24.4 Å². The third-order valence-corrected chi connectivity index (χ3v) is 3.24. The van der Waals surface area contributed by atoms with Gasteiger partial charge in [-0.2, -0.15) is 0 Å². The lowest BCUT2D eigenvalue weighted by Gasteiger charge is -2.04. The zero-order valence-electron chi connectivity index (χ0n) is 12.0. The van der Waals surface area contributed by atoms with Crippen LogP contribution in [-0.4, -0.2) is 28.4 Å². The molecule has 0 fully saturated rings. The molecule has 5 nitrogen and oxygen atoms in total. The highest BCUT2D eigenvalue weighted by atomic mass is 16.5. The number of carbonyl (C=O) groups is 2. The van der Waals surface area contributed by atoms with E-state index in [1.165, 1.54) is 7.11 Å². The fraction of sp³-hybridized carbons (Fsp3) is 0.312. The molecule has 0 unspecified atom stereocenters. The van der Waals surface area contributed by atoms with Crippen molar-refractivity contribution < 1.29 is 14.3 Å². The van der Waals surface area contributed by atoms with Crippen molar-refractivity contribution in [1.82, 2.24) is 9.55 Å². The standard InChI is InChI=1S/C16H18N2O3/c1-21-16(20)4-2-3-13-5-7-14(8-6-13)15(19)11-18-10-9-17-12-18/h5-10,12H,2-4,11H2,1H3. The molecule has 0 saturated heterocycles. The number of carbonyl (C=O) groups excluding carboxylic acids is 2. The molecule has 5 heteroatoms. The maximum absolute atomic E-state index is 12.1. The van der Waals surface area contributed by atoms with Gasteiger partial charge in [-0.1, -0.05) is 24.3 Å². The van der Waals surface area contributed by atoms with E-state index in [0.717, 1.165) is 18.4 Å². The van der Waals surface area contributed by atoms with E-state index in [1.807, 2.05) is 24.3 Å². The van der Waals surface area contributed by atoms with Crippen molar-refractivity contribution in [1.29, 1.82) is 0 Å². The minimum absolute atomic E-state index is 0.0501. The summed E-state index contributed by atoms with van der Waals surface area (Å²) < 4.78 is 6.34. The van der Waals surface area contributed by atoms with Gasteiger partial charge >= 0.3 is 5.97 Å². The summed E-state index contributed by atoms with van der Waals surface area (Å²) >= 11 is 0. The van der Waals surface area contributed by atoms with Crippen LogP contribution in [0.5, 0.6) is 0 Å². The van der Waals surface area contributed by atoms with Crippen LogP contribution in [0.25, 0.3) is 0 Å². The van der Waals surface area contributed by atoms with Crippen molar-refractivity contribution in [3.8, 4) is 0 Å². The van der Waals surface area contributed by atoms with E-state index in [-0.39, 0.29) is 11.8 Å². The number of aromatic nitrogens is 2. The quantitative estimate of drug-likeness (QED) is 0.578. The van der Waals surface area contributed by atoms with Crippen LogP contribution in [0.4, 0.5) is 0 Å². The highest BCUT2D eigenvalue weighted by Gasteiger charge is 2.07. The molecule has 0 radical (unpaired) electrons. The zero-order valence-corrected chi connectivity index (χ0v) is 12.0. The predicted octanol–water partition coefficient (Wildman–Crippen LogP) is 2.26. The van der Waals surface area contributed by atoms with Crippen molar-refractivity contribution in [2.75, 3.05) is 7.11 Å². The summed E-state index contributed by atoms with van der Waals surface area (Å²) in [7, 11) is 1.39. The van der Waals surface area contributed by atoms with Gasteiger partial charge in [-0.3, -0.25) is 9.59 Å². The van der Waals surface area contributed by atoms with Crippen LogP contribution in [0.15, 0.2) is 43.0 Å². The zero-order chi connectivity index (χ0) is 15.1. The number of imidazole rings is 1. The molecule has 110 valence electrons. The first-order valence-corrected chi connectivity index (χ1v) is 6.84. The lowest BCUT2D eigenvalue weighted by Crippen LogP contribution is -2.08. The molecule has 0 aliphatic rings. The summed E-state index contributed by atoms with van der Waals surface area (Å²) in [5.41, 5.74) is 1.79. The summed E-state index contributed by atoms with van der Waals surface area (Å²) in [6, 6.07) is 7.51. The number of aryl methyl sites for hydroxylation is 1. The minimum Gasteiger partial charge on any atom is -0.469 e. The number of ketones is 1. The Morgan fingerprint density at radius 3 is 2.62 bits per heavy atom. The van der Waals surface area contributed by atoms with Gasteiger partial charge in [0.25, 0.3) is 0 Å². The molecular weight excluding hydrogens is 268 g/mol. The van der Waals surface area contributed by atoms with Crippen LogP contribution < -0.4 is 0 Å². The number of esters is 1.